The van der Waals surface area contributed by atoms with E-state index in [0.29, 0.717) is 18.6 Å². The largest absolute Gasteiger partial charge is 0.396 e. The lowest BCUT2D eigenvalue weighted by Crippen LogP contribution is -2.53. The molecule has 0 atom stereocenters. The lowest BCUT2D eigenvalue weighted by molar-refractivity contribution is -0.134. The molecule has 0 aromatic rings. The molecule has 0 radical (unpaired) electrons. The van der Waals surface area contributed by atoms with Crippen LogP contribution in [0.1, 0.15) is 27.2 Å². The van der Waals surface area contributed by atoms with Gasteiger partial charge in [0.2, 0.25) is 0 Å². The highest BCUT2D eigenvalue weighted by Crippen LogP contribution is 2.26. The van der Waals surface area contributed by atoms with Crippen molar-refractivity contribution >= 4 is 0 Å². The first-order chi connectivity index (χ1) is 6.54. The van der Waals surface area contributed by atoms with E-state index in [4.69, 9.17) is 4.74 Å². The zero-order valence-electron chi connectivity index (χ0n) is 9.60. The van der Waals surface area contributed by atoms with Gasteiger partial charge in [0.15, 0.2) is 0 Å². The highest BCUT2D eigenvalue weighted by atomic mass is 16.5. The van der Waals surface area contributed by atoms with Crippen LogP contribution >= 0.6 is 0 Å². The van der Waals surface area contributed by atoms with Crippen molar-refractivity contribution in [2.75, 3.05) is 32.9 Å². The molecule has 0 spiro atoms. The fourth-order valence-electron chi connectivity index (χ4n) is 1.43. The molecule has 0 amide bonds. The van der Waals surface area contributed by atoms with Crippen LogP contribution in [0.3, 0.4) is 0 Å². The standard InChI is InChI=1S/C11H23NO2/c1-4-10(2,3)5-12-6-11(7-13)8-14-9-11/h12-13H,4-9H2,1-3H3. The molecule has 0 aliphatic carbocycles. The van der Waals surface area contributed by atoms with Gasteiger partial charge < -0.3 is 15.2 Å². The van der Waals surface area contributed by atoms with Crippen LogP contribution < -0.4 is 5.32 Å². The summed E-state index contributed by atoms with van der Waals surface area (Å²) in [6.45, 7) is 10.2. The minimum atomic E-state index is 0.00379. The van der Waals surface area contributed by atoms with Crippen molar-refractivity contribution in [2.24, 2.45) is 10.8 Å². The summed E-state index contributed by atoms with van der Waals surface area (Å²) in [4.78, 5) is 0. The van der Waals surface area contributed by atoms with Crippen molar-refractivity contribution in [3.05, 3.63) is 0 Å². The maximum atomic E-state index is 9.20. The molecule has 0 unspecified atom stereocenters. The SMILES string of the molecule is CCC(C)(C)CNCC1(CO)COC1. The zero-order chi connectivity index (χ0) is 10.7. The van der Waals surface area contributed by atoms with Crippen molar-refractivity contribution in [1.29, 1.82) is 0 Å². The molecule has 1 aliphatic heterocycles. The second kappa shape index (κ2) is 4.60. The quantitative estimate of drug-likeness (QED) is 0.674. The molecule has 1 fully saturated rings. The number of hydrogen-bond acceptors (Lipinski definition) is 3. The Balaban J connectivity index is 2.20. The summed E-state index contributed by atoms with van der Waals surface area (Å²) in [6, 6.07) is 0. The van der Waals surface area contributed by atoms with Gasteiger partial charge in [0.1, 0.15) is 0 Å². The van der Waals surface area contributed by atoms with Crippen LogP contribution in [-0.2, 0) is 4.74 Å². The molecule has 3 heteroatoms. The zero-order valence-corrected chi connectivity index (χ0v) is 9.60. The molecule has 3 nitrogen and oxygen atoms in total. The van der Waals surface area contributed by atoms with E-state index < -0.39 is 0 Å². The van der Waals surface area contributed by atoms with Crippen LogP contribution in [0.15, 0.2) is 0 Å². The van der Waals surface area contributed by atoms with Crippen molar-refractivity contribution in [3.63, 3.8) is 0 Å². The van der Waals surface area contributed by atoms with Gasteiger partial charge in [0, 0.05) is 13.1 Å². The topological polar surface area (TPSA) is 41.5 Å². The summed E-state index contributed by atoms with van der Waals surface area (Å²) in [6.07, 6.45) is 1.17. The molecule has 0 bridgehead atoms. The number of hydrogen-bond donors (Lipinski definition) is 2. The fourth-order valence-corrected chi connectivity index (χ4v) is 1.43. The van der Waals surface area contributed by atoms with Gasteiger partial charge in [-0.3, -0.25) is 0 Å². The molecule has 1 saturated heterocycles. The van der Waals surface area contributed by atoms with Crippen molar-refractivity contribution in [1.82, 2.24) is 5.32 Å². The number of rotatable bonds is 6. The van der Waals surface area contributed by atoms with Crippen molar-refractivity contribution < 1.29 is 9.84 Å². The van der Waals surface area contributed by atoms with E-state index in [1.807, 2.05) is 0 Å². The van der Waals surface area contributed by atoms with Gasteiger partial charge in [-0.2, -0.15) is 0 Å². The summed E-state index contributed by atoms with van der Waals surface area (Å²) >= 11 is 0. The molecule has 1 heterocycles. The average molecular weight is 201 g/mol. The van der Waals surface area contributed by atoms with Gasteiger partial charge >= 0.3 is 0 Å². The summed E-state index contributed by atoms with van der Waals surface area (Å²) in [5, 5.41) is 12.6. The van der Waals surface area contributed by atoms with E-state index in [0.717, 1.165) is 13.1 Å². The van der Waals surface area contributed by atoms with E-state index in [2.05, 4.69) is 26.1 Å². The summed E-state index contributed by atoms with van der Waals surface area (Å²) in [7, 11) is 0. The first-order valence-electron chi connectivity index (χ1n) is 5.43. The van der Waals surface area contributed by atoms with Crippen LogP contribution in [0.4, 0.5) is 0 Å². The smallest absolute Gasteiger partial charge is 0.0579 e. The predicted octanol–water partition coefficient (Wildman–Crippen LogP) is 1.02. The second-order valence-corrected chi connectivity index (χ2v) is 5.27. The van der Waals surface area contributed by atoms with E-state index in [-0.39, 0.29) is 12.0 Å². The van der Waals surface area contributed by atoms with Crippen LogP contribution in [-0.4, -0.2) is 38.0 Å². The lowest BCUT2D eigenvalue weighted by atomic mass is 9.85. The van der Waals surface area contributed by atoms with E-state index >= 15 is 0 Å². The number of aliphatic hydroxyl groups is 1. The Bertz CT molecular complexity index is 171. The Hall–Kier alpha value is -0.120. The fraction of sp³-hybridized carbons (Fsp3) is 1.00. The van der Waals surface area contributed by atoms with E-state index in [9.17, 15) is 5.11 Å². The monoisotopic (exact) mass is 201 g/mol. The molecular formula is C11H23NO2. The van der Waals surface area contributed by atoms with Gasteiger partial charge in [-0.25, -0.2) is 0 Å². The Morgan fingerprint density at radius 1 is 1.43 bits per heavy atom. The molecule has 1 rings (SSSR count). The van der Waals surface area contributed by atoms with Crippen molar-refractivity contribution in [2.45, 2.75) is 27.2 Å². The van der Waals surface area contributed by atoms with E-state index in [1.54, 1.807) is 0 Å². The van der Waals surface area contributed by atoms with Crippen LogP contribution in [0, 0.1) is 10.8 Å². The predicted molar refractivity (Wildman–Crippen MR) is 57.3 cm³/mol. The first-order valence-corrected chi connectivity index (χ1v) is 5.43. The minimum Gasteiger partial charge on any atom is -0.396 e. The molecule has 0 aromatic carbocycles. The van der Waals surface area contributed by atoms with Gasteiger partial charge in [0.25, 0.3) is 0 Å². The number of ether oxygens (including phenoxy) is 1. The average Bonchev–Trinajstić information content (AvgIpc) is 2.10. The molecule has 0 saturated carbocycles. The molecule has 14 heavy (non-hydrogen) atoms. The number of nitrogens with one attached hydrogen (secondary N) is 1. The lowest BCUT2D eigenvalue weighted by Gasteiger charge is -2.40. The summed E-state index contributed by atoms with van der Waals surface area (Å²) < 4.78 is 5.14. The maximum absolute atomic E-state index is 9.20. The maximum Gasteiger partial charge on any atom is 0.0579 e. The normalized spacial score (nSPS) is 20.6. The highest BCUT2D eigenvalue weighted by Gasteiger charge is 2.37. The van der Waals surface area contributed by atoms with Crippen molar-refractivity contribution in [3.8, 4) is 0 Å². The van der Waals surface area contributed by atoms with E-state index in [1.165, 1.54) is 6.42 Å². The Morgan fingerprint density at radius 3 is 2.43 bits per heavy atom. The van der Waals surface area contributed by atoms with Gasteiger partial charge in [-0.1, -0.05) is 20.8 Å². The Morgan fingerprint density at radius 2 is 2.07 bits per heavy atom. The number of aliphatic hydroxyl groups excluding tert-OH is 1. The molecule has 1 aliphatic rings. The highest BCUT2D eigenvalue weighted by molar-refractivity contribution is 4.87. The van der Waals surface area contributed by atoms with Crippen LogP contribution in [0.25, 0.3) is 0 Å². The minimum absolute atomic E-state index is 0.00379. The summed E-state index contributed by atoms with van der Waals surface area (Å²) in [5.41, 5.74) is 0.352. The first kappa shape index (κ1) is 12.0. The third-order valence-corrected chi connectivity index (χ3v) is 3.21. The molecule has 2 N–H and O–H groups in total. The Labute approximate surface area is 86.8 Å². The third-order valence-electron chi connectivity index (χ3n) is 3.21. The van der Waals surface area contributed by atoms with Crippen LogP contribution in [0.5, 0.6) is 0 Å². The third kappa shape index (κ3) is 2.94. The molecule has 0 aromatic heterocycles. The van der Waals surface area contributed by atoms with Crippen LogP contribution in [0.2, 0.25) is 0 Å². The van der Waals surface area contributed by atoms with Gasteiger partial charge in [-0.05, 0) is 11.8 Å². The molecular weight excluding hydrogens is 178 g/mol. The molecule has 84 valence electrons. The summed E-state index contributed by atoms with van der Waals surface area (Å²) in [5.74, 6) is 0. The van der Waals surface area contributed by atoms with Gasteiger partial charge in [0.05, 0.1) is 25.2 Å². The van der Waals surface area contributed by atoms with Gasteiger partial charge in [-0.15, -0.1) is 0 Å². The second-order valence-electron chi connectivity index (χ2n) is 5.27. The Kier molecular flexibility index (Phi) is 3.93.